The molecule has 0 aliphatic heterocycles. The van der Waals surface area contributed by atoms with Crippen LogP contribution in [0.1, 0.15) is 50.0 Å². The number of nitrogens with zero attached hydrogens (tertiary/aromatic N) is 3. The molecule has 5 heteroatoms. The fourth-order valence-electron chi connectivity index (χ4n) is 2.93. The van der Waals surface area contributed by atoms with Gasteiger partial charge in [-0.25, -0.2) is 0 Å². The topological polar surface area (TPSA) is 52.0 Å². The molecule has 118 valence electrons. The summed E-state index contributed by atoms with van der Waals surface area (Å²) < 4.78 is 7.93. The molecule has 3 rings (SSSR count). The number of hydrogen-bond donors (Lipinski definition) is 1. The molecule has 22 heavy (non-hydrogen) atoms. The third kappa shape index (κ3) is 3.65. The van der Waals surface area contributed by atoms with Gasteiger partial charge in [-0.3, -0.25) is 0 Å². The van der Waals surface area contributed by atoms with Crippen molar-refractivity contribution in [3.05, 3.63) is 42.0 Å². The molecule has 1 fully saturated rings. The van der Waals surface area contributed by atoms with Crippen LogP contribution < -0.4 is 10.1 Å². The van der Waals surface area contributed by atoms with Gasteiger partial charge in [0.1, 0.15) is 17.9 Å². The Hall–Kier alpha value is -1.88. The predicted octanol–water partition coefficient (Wildman–Crippen LogP) is 2.99. The Morgan fingerprint density at radius 3 is 2.64 bits per heavy atom. The molecule has 1 aromatic heterocycles. The van der Waals surface area contributed by atoms with Crippen LogP contribution in [0, 0.1) is 0 Å². The maximum atomic E-state index is 5.99. The van der Waals surface area contributed by atoms with Crippen LogP contribution >= 0.6 is 0 Å². The van der Waals surface area contributed by atoms with Crippen LogP contribution in [0.5, 0.6) is 5.75 Å². The van der Waals surface area contributed by atoms with Gasteiger partial charge in [0.2, 0.25) is 0 Å². The van der Waals surface area contributed by atoms with E-state index < -0.39 is 0 Å². The van der Waals surface area contributed by atoms with Gasteiger partial charge >= 0.3 is 0 Å². The average molecular weight is 300 g/mol. The fourth-order valence-corrected chi connectivity index (χ4v) is 2.93. The van der Waals surface area contributed by atoms with Crippen molar-refractivity contribution >= 4 is 0 Å². The zero-order valence-corrected chi connectivity index (χ0v) is 13.3. The number of rotatable bonds is 6. The summed E-state index contributed by atoms with van der Waals surface area (Å²) in [6, 6.07) is 8.56. The van der Waals surface area contributed by atoms with Crippen LogP contribution in [0.3, 0.4) is 0 Å². The number of aromatic nitrogens is 3. The van der Waals surface area contributed by atoms with Crippen LogP contribution in [0.15, 0.2) is 30.6 Å². The Morgan fingerprint density at radius 1 is 1.27 bits per heavy atom. The highest BCUT2D eigenvalue weighted by atomic mass is 16.5. The molecule has 1 N–H and O–H groups in total. The van der Waals surface area contributed by atoms with Gasteiger partial charge in [-0.05, 0) is 50.3 Å². The lowest BCUT2D eigenvalue weighted by atomic mass is 10.2. The van der Waals surface area contributed by atoms with Gasteiger partial charge in [0.15, 0.2) is 0 Å². The van der Waals surface area contributed by atoms with E-state index in [1.807, 2.05) is 11.6 Å². The number of benzene rings is 1. The molecule has 1 aliphatic rings. The molecule has 2 aromatic rings. The third-order valence-corrected chi connectivity index (χ3v) is 4.27. The first kappa shape index (κ1) is 15.0. The molecule has 1 aliphatic carbocycles. The van der Waals surface area contributed by atoms with E-state index in [1.165, 1.54) is 31.2 Å². The molecular weight excluding hydrogens is 276 g/mol. The minimum atomic E-state index is 0.168. The zero-order chi connectivity index (χ0) is 15.4. The number of aryl methyl sites for hydroxylation is 1. The van der Waals surface area contributed by atoms with E-state index >= 15 is 0 Å². The first-order valence-corrected chi connectivity index (χ1v) is 8.05. The van der Waals surface area contributed by atoms with E-state index in [0.29, 0.717) is 6.10 Å². The predicted molar refractivity (Wildman–Crippen MR) is 85.6 cm³/mol. The molecule has 0 saturated heterocycles. The Labute approximate surface area is 131 Å². The van der Waals surface area contributed by atoms with Crippen LogP contribution in [0.4, 0.5) is 0 Å². The monoisotopic (exact) mass is 300 g/mol. The molecule has 1 heterocycles. The summed E-state index contributed by atoms with van der Waals surface area (Å²) >= 11 is 0. The van der Waals surface area contributed by atoms with Crippen molar-refractivity contribution in [2.45, 2.75) is 51.3 Å². The summed E-state index contributed by atoms with van der Waals surface area (Å²) in [6.45, 7) is 2.90. The Balaban J connectivity index is 1.51. The van der Waals surface area contributed by atoms with Crippen molar-refractivity contribution in [1.29, 1.82) is 0 Å². The molecule has 1 saturated carbocycles. The first-order valence-electron chi connectivity index (χ1n) is 8.05. The van der Waals surface area contributed by atoms with Crippen molar-refractivity contribution in [1.82, 2.24) is 20.1 Å². The van der Waals surface area contributed by atoms with Crippen LogP contribution in [0.25, 0.3) is 0 Å². The Morgan fingerprint density at radius 2 is 2.00 bits per heavy atom. The largest absolute Gasteiger partial charge is 0.490 e. The molecule has 0 radical (unpaired) electrons. The summed E-state index contributed by atoms with van der Waals surface area (Å²) in [5, 5.41) is 11.5. The number of hydrogen-bond acceptors (Lipinski definition) is 4. The van der Waals surface area contributed by atoms with Crippen molar-refractivity contribution < 1.29 is 4.74 Å². The highest BCUT2D eigenvalue weighted by molar-refractivity contribution is 5.27. The molecule has 0 amide bonds. The van der Waals surface area contributed by atoms with Gasteiger partial charge in [0.25, 0.3) is 0 Å². The molecule has 1 atom stereocenters. The van der Waals surface area contributed by atoms with E-state index in [-0.39, 0.29) is 6.04 Å². The minimum absolute atomic E-state index is 0.168. The van der Waals surface area contributed by atoms with Crippen molar-refractivity contribution in [2.75, 3.05) is 0 Å². The highest BCUT2D eigenvalue weighted by Crippen LogP contribution is 2.24. The van der Waals surface area contributed by atoms with Crippen LogP contribution in [-0.2, 0) is 13.6 Å². The Bertz CT molecular complexity index is 587. The lowest BCUT2D eigenvalue weighted by Gasteiger charge is -2.15. The lowest BCUT2D eigenvalue weighted by Crippen LogP contribution is -2.21. The second kappa shape index (κ2) is 6.92. The second-order valence-electron chi connectivity index (χ2n) is 6.07. The molecule has 1 unspecified atom stereocenters. The first-order chi connectivity index (χ1) is 10.7. The standard InChI is InChI=1S/C17H24N4O/c1-13(17-20-19-12-21(17)2)18-11-14-7-9-16(10-8-14)22-15-5-3-4-6-15/h7-10,12-13,15,18H,3-6,11H2,1-2H3. The molecule has 1 aromatic carbocycles. The zero-order valence-electron chi connectivity index (χ0n) is 13.3. The normalized spacial score (nSPS) is 16.8. The molecular formula is C17H24N4O. The Kier molecular flexibility index (Phi) is 4.73. The van der Waals surface area contributed by atoms with E-state index in [2.05, 4.69) is 46.7 Å². The van der Waals surface area contributed by atoms with Gasteiger partial charge in [0.05, 0.1) is 12.1 Å². The fraction of sp³-hybridized carbons (Fsp3) is 0.529. The third-order valence-electron chi connectivity index (χ3n) is 4.27. The van der Waals surface area contributed by atoms with Crippen LogP contribution in [0.2, 0.25) is 0 Å². The summed E-state index contributed by atoms with van der Waals surface area (Å²) in [7, 11) is 1.96. The van der Waals surface area contributed by atoms with Gasteiger partial charge in [0, 0.05) is 13.6 Å². The summed E-state index contributed by atoms with van der Waals surface area (Å²) in [4.78, 5) is 0. The van der Waals surface area contributed by atoms with Gasteiger partial charge in [-0.15, -0.1) is 10.2 Å². The van der Waals surface area contributed by atoms with Gasteiger partial charge in [-0.1, -0.05) is 12.1 Å². The van der Waals surface area contributed by atoms with Gasteiger partial charge < -0.3 is 14.6 Å². The van der Waals surface area contributed by atoms with Crippen molar-refractivity contribution in [3.63, 3.8) is 0 Å². The SMILES string of the molecule is CC(NCc1ccc(OC2CCCC2)cc1)c1nncn1C. The summed E-state index contributed by atoms with van der Waals surface area (Å²) in [5.74, 6) is 1.93. The van der Waals surface area contributed by atoms with Crippen molar-refractivity contribution in [3.8, 4) is 5.75 Å². The summed E-state index contributed by atoms with van der Waals surface area (Å²) in [6.07, 6.45) is 7.12. The maximum Gasteiger partial charge on any atom is 0.149 e. The molecule has 0 spiro atoms. The van der Waals surface area contributed by atoms with E-state index in [9.17, 15) is 0 Å². The van der Waals surface area contributed by atoms with Crippen LogP contribution in [-0.4, -0.2) is 20.9 Å². The highest BCUT2D eigenvalue weighted by Gasteiger charge is 2.16. The minimum Gasteiger partial charge on any atom is -0.490 e. The lowest BCUT2D eigenvalue weighted by molar-refractivity contribution is 0.210. The second-order valence-corrected chi connectivity index (χ2v) is 6.07. The summed E-state index contributed by atoms with van der Waals surface area (Å²) in [5.41, 5.74) is 1.24. The average Bonchev–Trinajstić information content (AvgIpc) is 3.18. The maximum absolute atomic E-state index is 5.99. The van der Waals surface area contributed by atoms with E-state index in [1.54, 1.807) is 6.33 Å². The molecule has 0 bridgehead atoms. The van der Waals surface area contributed by atoms with E-state index in [0.717, 1.165) is 18.1 Å². The number of nitrogens with one attached hydrogen (secondary N) is 1. The molecule has 5 nitrogen and oxygen atoms in total. The van der Waals surface area contributed by atoms with Crippen molar-refractivity contribution in [2.24, 2.45) is 7.05 Å². The quantitative estimate of drug-likeness (QED) is 0.891. The smallest absolute Gasteiger partial charge is 0.149 e. The number of ether oxygens (including phenoxy) is 1. The van der Waals surface area contributed by atoms with Gasteiger partial charge in [-0.2, -0.15) is 0 Å². The van der Waals surface area contributed by atoms with E-state index in [4.69, 9.17) is 4.74 Å².